The van der Waals surface area contributed by atoms with Crippen molar-refractivity contribution >= 4 is 17.8 Å². The normalized spacial score (nSPS) is 25.1. The molecule has 4 amide bonds. The van der Waals surface area contributed by atoms with E-state index in [4.69, 9.17) is 9.47 Å². The van der Waals surface area contributed by atoms with Gasteiger partial charge in [-0.2, -0.15) is 5.26 Å². The number of hydrogen-bond acceptors (Lipinski definition) is 6. The van der Waals surface area contributed by atoms with Crippen molar-refractivity contribution in [3.63, 3.8) is 0 Å². The Balaban J connectivity index is 1.51. The third-order valence-corrected chi connectivity index (χ3v) is 5.72. The van der Waals surface area contributed by atoms with Gasteiger partial charge in [-0.1, -0.05) is 6.07 Å². The van der Waals surface area contributed by atoms with Crippen molar-refractivity contribution in [1.82, 2.24) is 15.5 Å². The van der Waals surface area contributed by atoms with Gasteiger partial charge in [0.1, 0.15) is 30.8 Å². The van der Waals surface area contributed by atoms with Crippen LogP contribution in [0.3, 0.4) is 0 Å². The fraction of sp³-hybridized carbons (Fsp3) is 0.500. The zero-order chi connectivity index (χ0) is 20.8. The van der Waals surface area contributed by atoms with E-state index in [1.54, 1.807) is 32.0 Å². The van der Waals surface area contributed by atoms with Crippen LogP contribution in [-0.4, -0.2) is 48.0 Å². The quantitative estimate of drug-likeness (QED) is 0.715. The maximum Gasteiger partial charge on any atom is 0.325 e. The van der Waals surface area contributed by atoms with Gasteiger partial charge in [0, 0.05) is 0 Å². The SMILES string of the molecule is C[C@]1(c2ccc3c(c2)OCCO3)NC(=O)N(CC(=O)N[C@](C)(C#N)C2CC2)C1=O. The highest BCUT2D eigenvalue weighted by Crippen LogP contribution is 2.39. The highest BCUT2D eigenvalue weighted by Gasteiger charge is 2.50. The average Bonchev–Trinajstić information content (AvgIpc) is 3.54. The third kappa shape index (κ3) is 3.24. The van der Waals surface area contributed by atoms with E-state index in [0.29, 0.717) is 30.3 Å². The number of carbonyl (C=O) groups excluding carboxylic acids is 3. The van der Waals surface area contributed by atoms with Gasteiger partial charge >= 0.3 is 6.03 Å². The molecule has 2 aliphatic heterocycles. The van der Waals surface area contributed by atoms with E-state index in [1.807, 2.05) is 0 Å². The van der Waals surface area contributed by atoms with Crippen LogP contribution in [0.1, 0.15) is 32.3 Å². The summed E-state index contributed by atoms with van der Waals surface area (Å²) in [4.78, 5) is 38.9. The first-order valence-corrected chi connectivity index (χ1v) is 9.53. The summed E-state index contributed by atoms with van der Waals surface area (Å²) in [5.74, 6) is 0.0905. The Kier molecular flexibility index (Phi) is 4.37. The first kappa shape index (κ1) is 19.1. The smallest absolute Gasteiger partial charge is 0.325 e. The number of carbonyl (C=O) groups is 3. The molecule has 1 aromatic carbocycles. The Bertz CT molecular complexity index is 937. The van der Waals surface area contributed by atoms with Crippen molar-refractivity contribution in [3.05, 3.63) is 23.8 Å². The molecule has 1 aromatic rings. The van der Waals surface area contributed by atoms with Gasteiger partial charge in [-0.3, -0.25) is 14.5 Å². The number of amides is 4. The van der Waals surface area contributed by atoms with Gasteiger partial charge in [-0.15, -0.1) is 0 Å². The van der Waals surface area contributed by atoms with E-state index in [2.05, 4.69) is 16.7 Å². The summed E-state index contributed by atoms with van der Waals surface area (Å²) in [6, 6.07) is 6.51. The number of ether oxygens (including phenoxy) is 2. The van der Waals surface area contributed by atoms with Crippen LogP contribution in [0.25, 0.3) is 0 Å². The molecular weight excluding hydrogens is 376 g/mol. The topological polar surface area (TPSA) is 121 Å². The molecule has 152 valence electrons. The Morgan fingerprint density at radius 1 is 1.34 bits per heavy atom. The lowest BCUT2D eigenvalue weighted by atomic mass is 9.91. The number of imide groups is 1. The molecule has 2 heterocycles. The fourth-order valence-corrected chi connectivity index (χ4v) is 3.75. The van der Waals surface area contributed by atoms with Gasteiger partial charge in [0.05, 0.1) is 6.07 Å². The van der Waals surface area contributed by atoms with Gasteiger partial charge < -0.3 is 20.1 Å². The summed E-state index contributed by atoms with van der Waals surface area (Å²) >= 11 is 0. The molecule has 29 heavy (non-hydrogen) atoms. The number of nitriles is 1. The molecule has 0 bridgehead atoms. The predicted molar refractivity (Wildman–Crippen MR) is 99.9 cm³/mol. The first-order valence-electron chi connectivity index (χ1n) is 9.53. The van der Waals surface area contributed by atoms with Gasteiger partial charge in [0.25, 0.3) is 5.91 Å². The average molecular weight is 398 g/mol. The van der Waals surface area contributed by atoms with Crippen molar-refractivity contribution < 1.29 is 23.9 Å². The van der Waals surface area contributed by atoms with Crippen molar-refractivity contribution in [1.29, 1.82) is 5.26 Å². The van der Waals surface area contributed by atoms with Crippen molar-refractivity contribution in [2.24, 2.45) is 5.92 Å². The van der Waals surface area contributed by atoms with Crippen LogP contribution in [0.4, 0.5) is 4.79 Å². The number of nitrogens with one attached hydrogen (secondary N) is 2. The molecule has 0 spiro atoms. The predicted octanol–water partition coefficient (Wildman–Crippen LogP) is 1.03. The monoisotopic (exact) mass is 398 g/mol. The molecular formula is C20H22N4O5. The molecule has 0 radical (unpaired) electrons. The molecule has 1 saturated heterocycles. The molecule has 3 aliphatic rings. The molecule has 9 nitrogen and oxygen atoms in total. The molecule has 2 fully saturated rings. The molecule has 2 N–H and O–H groups in total. The Labute approximate surface area is 167 Å². The molecule has 1 aliphatic carbocycles. The lowest BCUT2D eigenvalue weighted by molar-refractivity contribution is -0.135. The van der Waals surface area contributed by atoms with Crippen LogP contribution >= 0.6 is 0 Å². The summed E-state index contributed by atoms with van der Waals surface area (Å²) in [6.45, 7) is 3.64. The summed E-state index contributed by atoms with van der Waals surface area (Å²) in [7, 11) is 0. The van der Waals surface area contributed by atoms with Crippen LogP contribution in [0, 0.1) is 17.2 Å². The maximum atomic E-state index is 13.0. The first-order chi connectivity index (χ1) is 13.8. The molecule has 0 unspecified atom stereocenters. The van der Waals surface area contributed by atoms with Crippen LogP contribution in [0.15, 0.2) is 18.2 Å². The summed E-state index contributed by atoms with van der Waals surface area (Å²) in [5, 5.41) is 14.7. The largest absolute Gasteiger partial charge is 0.486 e. The summed E-state index contributed by atoms with van der Waals surface area (Å²) in [6.07, 6.45) is 1.74. The van der Waals surface area contributed by atoms with Crippen LogP contribution in [-0.2, 0) is 15.1 Å². The van der Waals surface area contributed by atoms with Crippen molar-refractivity contribution in [2.45, 2.75) is 37.8 Å². The van der Waals surface area contributed by atoms with Crippen molar-refractivity contribution in [3.8, 4) is 17.6 Å². The molecule has 9 heteroatoms. The second-order valence-corrected chi connectivity index (χ2v) is 7.94. The minimum Gasteiger partial charge on any atom is -0.486 e. The zero-order valence-corrected chi connectivity index (χ0v) is 16.3. The Hall–Kier alpha value is -3.28. The fourth-order valence-electron chi connectivity index (χ4n) is 3.75. The van der Waals surface area contributed by atoms with Gasteiger partial charge in [0.15, 0.2) is 11.5 Å². The third-order valence-electron chi connectivity index (χ3n) is 5.72. The minimum absolute atomic E-state index is 0.0996. The van der Waals surface area contributed by atoms with Gasteiger partial charge in [-0.05, 0) is 50.3 Å². The van der Waals surface area contributed by atoms with E-state index in [9.17, 15) is 19.6 Å². The molecule has 2 atom stereocenters. The highest BCUT2D eigenvalue weighted by molar-refractivity contribution is 6.09. The second-order valence-electron chi connectivity index (χ2n) is 7.94. The number of benzene rings is 1. The van der Waals surface area contributed by atoms with E-state index in [-0.39, 0.29) is 5.92 Å². The number of hydrogen-bond donors (Lipinski definition) is 2. The van der Waals surface area contributed by atoms with E-state index >= 15 is 0 Å². The summed E-state index contributed by atoms with van der Waals surface area (Å²) in [5.41, 5.74) is -1.79. The van der Waals surface area contributed by atoms with Gasteiger partial charge in [-0.25, -0.2) is 4.79 Å². The number of fused-ring (bicyclic) bond motifs is 1. The molecule has 0 aromatic heterocycles. The number of urea groups is 1. The van der Waals surface area contributed by atoms with E-state index < -0.39 is 35.5 Å². The second kappa shape index (κ2) is 6.65. The lowest BCUT2D eigenvalue weighted by Gasteiger charge is -2.26. The zero-order valence-electron chi connectivity index (χ0n) is 16.3. The minimum atomic E-state index is -1.33. The Morgan fingerprint density at radius 3 is 2.69 bits per heavy atom. The highest BCUT2D eigenvalue weighted by atomic mass is 16.6. The number of rotatable bonds is 5. The molecule has 4 rings (SSSR count). The van der Waals surface area contributed by atoms with Crippen LogP contribution < -0.4 is 20.1 Å². The van der Waals surface area contributed by atoms with Gasteiger partial charge in [0.2, 0.25) is 5.91 Å². The lowest BCUT2D eigenvalue weighted by Crippen LogP contribution is -2.51. The molecule has 1 saturated carbocycles. The van der Waals surface area contributed by atoms with E-state index in [1.165, 1.54) is 0 Å². The van der Waals surface area contributed by atoms with Crippen LogP contribution in [0.5, 0.6) is 11.5 Å². The van der Waals surface area contributed by atoms with Crippen molar-refractivity contribution in [2.75, 3.05) is 19.8 Å². The number of nitrogens with zero attached hydrogens (tertiary/aromatic N) is 2. The van der Waals surface area contributed by atoms with E-state index in [0.717, 1.165) is 17.7 Å². The standard InChI is InChI=1S/C20H22N4O5/c1-19(11-21,12-3-4-12)22-16(25)10-24-17(26)20(2,23-18(24)27)13-5-6-14-15(9-13)29-8-7-28-14/h5-6,9,12H,3-4,7-8,10H2,1-2H3,(H,22,25)(H,23,27)/t19-,20-/m1/s1. The summed E-state index contributed by atoms with van der Waals surface area (Å²) < 4.78 is 11.1. The Morgan fingerprint density at radius 2 is 2.03 bits per heavy atom. The van der Waals surface area contributed by atoms with Crippen LogP contribution in [0.2, 0.25) is 0 Å². The maximum absolute atomic E-state index is 13.0.